The fraction of sp³-hybridized carbons (Fsp3) is 0.316. The van der Waals surface area contributed by atoms with Gasteiger partial charge in [0.25, 0.3) is 0 Å². The minimum absolute atomic E-state index is 0.192. The third-order valence-corrected chi connectivity index (χ3v) is 4.26. The quantitative estimate of drug-likeness (QED) is 0.432. The van der Waals surface area contributed by atoms with Crippen LogP contribution in [0.25, 0.3) is 0 Å². The van der Waals surface area contributed by atoms with Crippen molar-refractivity contribution in [2.45, 2.75) is 32.0 Å². The topological polar surface area (TPSA) is 82.3 Å². The zero-order valence-electron chi connectivity index (χ0n) is 13.4. The van der Waals surface area contributed by atoms with Gasteiger partial charge in [0.2, 0.25) is 0 Å². The van der Waals surface area contributed by atoms with Gasteiger partial charge in [0.1, 0.15) is 12.4 Å². The van der Waals surface area contributed by atoms with Gasteiger partial charge < -0.3 is 20.2 Å². The number of fused-ring (bicyclic) bond motifs is 1. The van der Waals surface area contributed by atoms with E-state index in [1.165, 1.54) is 5.56 Å². The van der Waals surface area contributed by atoms with Crippen LogP contribution in [0.1, 0.15) is 28.7 Å². The van der Waals surface area contributed by atoms with Crippen LogP contribution in [0.2, 0.25) is 0 Å². The monoisotopic (exact) mass is 327 g/mol. The Morgan fingerprint density at radius 1 is 1.04 bits per heavy atom. The van der Waals surface area contributed by atoms with Gasteiger partial charge >= 0.3 is 0 Å². The molecule has 0 atom stereocenters. The van der Waals surface area contributed by atoms with Crippen molar-refractivity contribution in [2.24, 2.45) is 5.16 Å². The number of aliphatic hydroxyl groups excluding tert-OH is 1. The first-order chi connectivity index (χ1) is 11.7. The highest BCUT2D eigenvalue weighted by Gasteiger charge is 2.21. The molecule has 0 saturated carbocycles. The van der Waals surface area contributed by atoms with Gasteiger partial charge in [0.15, 0.2) is 6.29 Å². The maximum absolute atomic E-state index is 9.11. The smallest absolute Gasteiger partial charge is 0.186 e. The van der Waals surface area contributed by atoms with E-state index in [0.717, 1.165) is 36.0 Å². The molecule has 0 saturated heterocycles. The highest BCUT2D eigenvalue weighted by molar-refractivity contribution is 6.04. The number of nitrogens with zero attached hydrogens (tertiary/aromatic N) is 1. The predicted octanol–water partition coefficient (Wildman–Crippen LogP) is 2.29. The molecule has 0 fully saturated rings. The Balaban J connectivity index is 1.85. The van der Waals surface area contributed by atoms with E-state index >= 15 is 0 Å². The summed E-state index contributed by atoms with van der Waals surface area (Å²) >= 11 is 0. The summed E-state index contributed by atoms with van der Waals surface area (Å²) in [7, 11) is 0. The van der Waals surface area contributed by atoms with Gasteiger partial charge in [0.05, 0.1) is 5.71 Å². The number of benzene rings is 2. The average molecular weight is 327 g/mol. The normalized spacial score (nSPS) is 15.0. The molecule has 0 amide bonds. The van der Waals surface area contributed by atoms with Crippen LogP contribution in [0.5, 0.6) is 5.75 Å². The molecule has 5 nitrogen and oxygen atoms in total. The molecule has 5 heteroatoms. The van der Waals surface area contributed by atoms with Crippen molar-refractivity contribution in [3.63, 3.8) is 0 Å². The largest absolute Gasteiger partial charge is 0.488 e. The zero-order valence-corrected chi connectivity index (χ0v) is 13.4. The third-order valence-electron chi connectivity index (χ3n) is 4.26. The predicted molar refractivity (Wildman–Crippen MR) is 90.7 cm³/mol. The second-order valence-corrected chi connectivity index (χ2v) is 5.94. The van der Waals surface area contributed by atoms with Crippen LogP contribution in [0.4, 0.5) is 0 Å². The molecule has 2 aromatic carbocycles. The standard InChI is InChI=1S/C19H21NO4/c21-19(22)12-24-18-11-16-14(8-9-17(16)20-23)10-15(18)7-6-13-4-2-1-3-5-13/h1-5,10-11,19,21-23H,6-9,12H2/b20-17+. The van der Waals surface area contributed by atoms with Crippen molar-refractivity contribution in [3.8, 4) is 5.75 Å². The van der Waals surface area contributed by atoms with Gasteiger partial charge in [-0.3, -0.25) is 0 Å². The number of hydrogen-bond donors (Lipinski definition) is 3. The summed E-state index contributed by atoms with van der Waals surface area (Å²) in [6.45, 7) is -0.192. The maximum Gasteiger partial charge on any atom is 0.186 e. The molecule has 0 radical (unpaired) electrons. The van der Waals surface area contributed by atoms with E-state index in [2.05, 4.69) is 23.4 Å². The summed E-state index contributed by atoms with van der Waals surface area (Å²) < 4.78 is 5.57. The lowest BCUT2D eigenvalue weighted by Gasteiger charge is -2.15. The molecule has 0 bridgehead atoms. The summed E-state index contributed by atoms with van der Waals surface area (Å²) in [5.74, 6) is 0.612. The maximum atomic E-state index is 9.11. The Hall–Kier alpha value is -2.37. The van der Waals surface area contributed by atoms with E-state index in [0.29, 0.717) is 17.9 Å². The molecule has 0 unspecified atom stereocenters. The van der Waals surface area contributed by atoms with Gasteiger partial charge in [-0.25, -0.2) is 0 Å². The number of rotatable bonds is 6. The fourth-order valence-electron chi connectivity index (χ4n) is 3.06. The summed E-state index contributed by atoms with van der Waals surface area (Å²) in [6.07, 6.45) is 1.69. The highest BCUT2D eigenvalue weighted by Crippen LogP contribution is 2.31. The molecule has 0 spiro atoms. The highest BCUT2D eigenvalue weighted by atomic mass is 16.5. The zero-order chi connectivity index (χ0) is 16.9. The van der Waals surface area contributed by atoms with Crippen molar-refractivity contribution in [1.29, 1.82) is 0 Å². The molecular formula is C19H21NO4. The van der Waals surface area contributed by atoms with Crippen molar-refractivity contribution < 1.29 is 20.2 Å². The number of aryl methyl sites for hydroxylation is 3. The molecule has 1 aliphatic carbocycles. The number of oxime groups is 1. The van der Waals surface area contributed by atoms with Gasteiger partial charge in [-0.2, -0.15) is 0 Å². The molecule has 2 aromatic rings. The first-order valence-electron chi connectivity index (χ1n) is 8.07. The summed E-state index contributed by atoms with van der Waals surface area (Å²) in [4.78, 5) is 0. The van der Waals surface area contributed by atoms with Crippen molar-refractivity contribution in [1.82, 2.24) is 0 Å². The lowest BCUT2D eigenvalue weighted by atomic mass is 9.99. The molecular weight excluding hydrogens is 306 g/mol. The number of hydrogen-bond acceptors (Lipinski definition) is 5. The molecule has 0 aromatic heterocycles. The first-order valence-corrected chi connectivity index (χ1v) is 8.07. The summed E-state index contributed by atoms with van der Waals surface area (Å²) in [5, 5.41) is 30.6. The van der Waals surface area contributed by atoms with Crippen LogP contribution in [-0.2, 0) is 19.3 Å². The van der Waals surface area contributed by atoms with E-state index in [9.17, 15) is 0 Å². The van der Waals surface area contributed by atoms with Gasteiger partial charge in [0, 0.05) is 5.56 Å². The molecule has 0 heterocycles. The molecule has 3 rings (SSSR count). The molecule has 1 aliphatic rings. The molecule has 24 heavy (non-hydrogen) atoms. The van der Waals surface area contributed by atoms with Gasteiger partial charge in [-0.15, -0.1) is 0 Å². The SMILES string of the molecule is O/N=C1\CCc2cc(CCc3ccccc3)c(OCC(O)O)cc21. The molecule has 3 N–H and O–H groups in total. The Labute approximate surface area is 140 Å². The second kappa shape index (κ2) is 7.47. The summed E-state index contributed by atoms with van der Waals surface area (Å²) in [6, 6.07) is 14.1. The Bertz CT molecular complexity index is 726. The van der Waals surface area contributed by atoms with Crippen molar-refractivity contribution in [3.05, 3.63) is 64.7 Å². The lowest BCUT2D eigenvalue weighted by Crippen LogP contribution is -2.17. The Morgan fingerprint density at radius 3 is 2.54 bits per heavy atom. The van der Waals surface area contributed by atoms with E-state index in [4.69, 9.17) is 20.2 Å². The van der Waals surface area contributed by atoms with Crippen LogP contribution < -0.4 is 4.74 Å². The van der Waals surface area contributed by atoms with Crippen LogP contribution in [0.15, 0.2) is 47.6 Å². The van der Waals surface area contributed by atoms with E-state index in [1.54, 1.807) is 0 Å². The van der Waals surface area contributed by atoms with E-state index in [-0.39, 0.29) is 6.61 Å². The fourth-order valence-corrected chi connectivity index (χ4v) is 3.06. The number of aliphatic hydroxyl groups is 2. The van der Waals surface area contributed by atoms with Crippen LogP contribution >= 0.6 is 0 Å². The van der Waals surface area contributed by atoms with E-state index < -0.39 is 6.29 Å². The number of ether oxygens (including phenoxy) is 1. The lowest BCUT2D eigenvalue weighted by molar-refractivity contribution is -0.0682. The summed E-state index contributed by atoms with van der Waals surface area (Å²) in [5.41, 5.74) is 4.93. The molecule has 0 aliphatic heterocycles. The minimum Gasteiger partial charge on any atom is -0.488 e. The minimum atomic E-state index is -1.52. The second-order valence-electron chi connectivity index (χ2n) is 5.94. The van der Waals surface area contributed by atoms with E-state index in [1.807, 2.05) is 24.3 Å². The van der Waals surface area contributed by atoms with Crippen LogP contribution in [-0.4, -0.2) is 34.0 Å². The van der Waals surface area contributed by atoms with Crippen LogP contribution in [0, 0.1) is 0 Å². The Kier molecular flexibility index (Phi) is 5.13. The molecule has 126 valence electrons. The van der Waals surface area contributed by atoms with Gasteiger partial charge in [-0.1, -0.05) is 41.6 Å². The first kappa shape index (κ1) is 16.5. The van der Waals surface area contributed by atoms with Gasteiger partial charge in [-0.05, 0) is 48.4 Å². The van der Waals surface area contributed by atoms with Crippen molar-refractivity contribution >= 4 is 5.71 Å². The third kappa shape index (κ3) is 3.75. The van der Waals surface area contributed by atoms with Crippen molar-refractivity contribution in [2.75, 3.05) is 6.61 Å². The average Bonchev–Trinajstić information content (AvgIpc) is 3.00. The van der Waals surface area contributed by atoms with Crippen LogP contribution in [0.3, 0.4) is 0 Å². The Morgan fingerprint density at radius 2 is 1.83 bits per heavy atom.